The summed E-state index contributed by atoms with van der Waals surface area (Å²) in [7, 11) is 1.60. The van der Waals surface area contributed by atoms with Gasteiger partial charge in [0.25, 0.3) is 5.69 Å². The molecule has 0 saturated heterocycles. The first-order chi connectivity index (χ1) is 10.5. The molecule has 6 nitrogen and oxygen atoms in total. The highest BCUT2D eigenvalue weighted by molar-refractivity contribution is 5.95. The minimum atomic E-state index is -0.524. The zero-order valence-electron chi connectivity index (χ0n) is 12.4. The lowest BCUT2D eigenvalue weighted by molar-refractivity contribution is -0.384. The van der Waals surface area contributed by atoms with Gasteiger partial charge in [0, 0.05) is 18.7 Å². The van der Waals surface area contributed by atoms with Gasteiger partial charge in [0.15, 0.2) is 5.78 Å². The lowest BCUT2D eigenvalue weighted by Crippen LogP contribution is -2.19. The number of rotatable bonds is 6. The van der Waals surface area contributed by atoms with Gasteiger partial charge in [0.2, 0.25) is 0 Å². The number of nitro benzene ring substituents is 1. The lowest BCUT2D eigenvalue weighted by Gasteiger charge is -2.19. The summed E-state index contributed by atoms with van der Waals surface area (Å²) in [6, 6.07) is 13.8. The standard InChI is InChI=1S/C16H16N2O4/c1-12(19)14-8-9-15(16(10-14)18(20)21)17(2)22-11-13-6-4-3-5-7-13/h3-10H,11H2,1-2H3. The molecule has 0 N–H and O–H groups in total. The molecule has 2 aromatic rings. The highest BCUT2D eigenvalue weighted by Crippen LogP contribution is 2.29. The summed E-state index contributed by atoms with van der Waals surface area (Å²) in [5.41, 5.74) is 1.39. The first-order valence-electron chi connectivity index (χ1n) is 6.69. The van der Waals surface area contributed by atoms with Crippen molar-refractivity contribution in [2.75, 3.05) is 12.1 Å². The number of anilines is 1. The van der Waals surface area contributed by atoms with E-state index in [4.69, 9.17) is 4.84 Å². The molecule has 114 valence electrons. The Morgan fingerprint density at radius 3 is 2.50 bits per heavy atom. The summed E-state index contributed by atoms with van der Waals surface area (Å²) < 4.78 is 0. The largest absolute Gasteiger partial charge is 0.295 e. The van der Waals surface area contributed by atoms with Crippen LogP contribution >= 0.6 is 0 Å². The summed E-state index contributed by atoms with van der Waals surface area (Å²) in [4.78, 5) is 27.6. The third-order valence-electron chi connectivity index (χ3n) is 3.19. The number of hydrogen-bond acceptors (Lipinski definition) is 5. The molecule has 0 radical (unpaired) electrons. The number of benzene rings is 2. The first-order valence-corrected chi connectivity index (χ1v) is 6.69. The van der Waals surface area contributed by atoms with E-state index in [1.165, 1.54) is 24.1 Å². The number of Topliss-reactive ketones (excluding diaryl/α,β-unsaturated/α-hetero) is 1. The summed E-state index contributed by atoms with van der Waals surface area (Å²) in [5, 5.41) is 12.5. The molecule has 0 amide bonds. The number of hydroxylamine groups is 1. The number of carbonyl (C=O) groups is 1. The third kappa shape index (κ3) is 3.67. The Kier molecular flexibility index (Phi) is 4.85. The molecule has 0 atom stereocenters. The van der Waals surface area contributed by atoms with Gasteiger partial charge in [-0.15, -0.1) is 0 Å². The molecule has 0 saturated carbocycles. The number of hydrogen-bond donors (Lipinski definition) is 0. The van der Waals surface area contributed by atoms with Crippen molar-refractivity contribution in [3.63, 3.8) is 0 Å². The van der Waals surface area contributed by atoms with Crippen LogP contribution in [-0.2, 0) is 11.4 Å². The molecule has 0 aliphatic carbocycles. The average molecular weight is 300 g/mol. The minimum Gasteiger partial charge on any atom is -0.295 e. The van der Waals surface area contributed by atoms with Crippen LogP contribution in [0.3, 0.4) is 0 Å². The highest BCUT2D eigenvalue weighted by atomic mass is 16.7. The minimum absolute atomic E-state index is 0.164. The first kappa shape index (κ1) is 15.7. The van der Waals surface area contributed by atoms with E-state index in [9.17, 15) is 14.9 Å². The van der Waals surface area contributed by atoms with Crippen molar-refractivity contribution in [2.45, 2.75) is 13.5 Å². The van der Waals surface area contributed by atoms with Crippen LogP contribution in [0.4, 0.5) is 11.4 Å². The molecule has 0 aliphatic rings. The summed E-state index contributed by atoms with van der Waals surface area (Å²) in [5.74, 6) is -0.220. The second-order valence-corrected chi connectivity index (χ2v) is 4.77. The molecule has 22 heavy (non-hydrogen) atoms. The van der Waals surface area contributed by atoms with Crippen LogP contribution in [0.25, 0.3) is 0 Å². The van der Waals surface area contributed by atoms with Crippen LogP contribution in [-0.4, -0.2) is 17.8 Å². The Labute approximate surface area is 128 Å². The van der Waals surface area contributed by atoms with E-state index in [0.29, 0.717) is 17.9 Å². The van der Waals surface area contributed by atoms with Gasteiger partial charge in [-0.1, -0.05) is 30.3 Å². The summed E-state index contributed by atoms with van der Waals surface area (Å²) >= 11 is 0. The number of ketones is 1. The smallest absolute Gasteiger partial charge is 0.295 e. The molecule has 0 bridgehead atoms. The average Bonchev–Trinajstić information content (AvgIpc) is 2.52. The zero-order valence-corrected chi connectivity index (χ0v) is 12.4. The summed E-state index contributed by atoms with van der Waals surface area (Å²) in [6.07, 6.45) is 0. The Hall–Kier alpha value is -2.73. The van der Waals surface area contributed by atoms with Crippen molar-refractivity contribution < 1.29 is 14.6 Å². The van der Waals surface area contributed by atoms with Gasteiger partial charge in [0.1, 0.15) is 5.69 Å². The van der Waals surface area contributed by atoms with Gasteiger partial charge in [-0.25, -0.2) is 5.06 Å². The monoisotopic (exact) mass is 300 g/mol. The topological polar surface area (TPSA) is 72.7 Å². The van der Waals surface area contributed by atoms with Crippen molar-refractivity contribution in [2.24, 2.45) is 0 Å². The fourth-order valence-electron chi connectivity index (χ4n) is 1.97. The van der Waals surface area contributed by atoms with Crippen molar-refractivity contribution in [3.8, 4) is 0 Å². The molecular formula is C16H16N2O4. The Balaban J connectivity index is 2.19. The summed E-state index contributed by atoms with van der Waals surface area (Å²) in [6.45, 7) is 1.66. The van der Waals surface area contributed by atoms with E-state index in [-0.39, 0.29) is 11.5 Å². The van der Waals surface area contributed by atoms with Crippen molar-refractivity contribution >= 4 is 17.2 Å². The maximum absolute atomic E-state index is 11.3. The maximum Gasteiger partial charge on any atom is 0.295 e. The van der Waals surface area contributed by atoms with Crippen LogP contribution in [0.1, 0.15) is 22.8 Å². The van der Waals surface area contributed by atoms with E-state index >= 15 is 0 Å². The normalized spacial score (nSPS) is 10.3. The Bertz CT molecular complexity index is 686. The maximum atomic E-state index is 11.3. The molecule has 2 aromatic carbocycles. The number of nitro groups is 1. The van der Waals surface area contributed by atoms with Gasteiger partial charge >= 0.3 is 0 Å². The molecule has 0 aliphatic heterocycles. The highest BCUT2D eigenvalue weighted by Gasteiger charge is 2.19. The number of nitrogens with zero attached hydrogens (tertiary/aromatic N) is 2. The van der Waals surface area contributed by atoms with E-state index < -0.39 is 4.92 Å². The fraction of sp³-hybridized carbons (Fsp3) is 0.188. The van der Waals surface area contributed by atoms with Gasteiger partial charge < -0.3 is 0 Å². The molecule has 0 aromatic heterocycles. The van der Waals surface area contributed by atoms with Gasteiger partial charge in [-0.05, 0) is 24.6 Å². The fourth-order valence-corrected chi connectivity index (χ4v) is 1.97. The van der Waals surface area contributed by atoms with E-state index in [1.54, 1.807) is 13.1 Å². The second-order valence-electron chi connectivity index (χ2n) is 4.77. The van der Waals surface area contributed by atoms with E-state index in [0.717, 1.165) is 5.56 Å². The zero-order chi connectivity index (χ0) is 16.1. The SMILES string of the molecule is CC(=O)c1ccc(N(C)OCc2ccccc2)c([N+](=O)[O-])c1. The third-order valence-corrected chi connectivity index (χ3v) is 3.19. The molecule has 0 fully saturated rings. The van der Waals surface area contributed by atoms with Crippen molar-refractivity contribution in [1.82, 2.24) is 0 Å². The lowest BCUT2D eigenvalue weighted by atomic mass is 10.1. The van der Waals surface area contributed by atoms with E-state index in [1.807, 2.05) is 30.3 Å². The van der Waals surface area contributed by atoms with Gasteiger partial charge in [-0.3, -0.25) is 19.7 Å². The second kappa shape index (κ2) is 6.82. The van der Waals surface area contributed by atoms with Crippen LogP contribution < -0.4 is 5.06 Å². The van der Waals surface area contributed by atoms with Crippen molar-refractivity contribution in [1.29, 1.82) is 0 Å². The molecule has 0 heterocycles. The quantitative estimate of drug-likeness (QED) is 0.464. The van der Waals surface area contributed by atoms with Crippen LogP contribution in [0, 0.1) is 10.1 Å². The molecule has 2 rings (SSSR count). The predicted octanol–water partition coefficient (Wildman–Crippen LogP) is 3.37. The predicted molar refractivity (Wildman–Crippen MR) is 82.7 cm³/mol. The number of carbonyl (C=O) groups excluding carboxylic acids is 1. The Morgan fingerprint density at radius 2 is 1.91 bits per heavy atom. The molecular weight excluding hydrogens is 284 g/mol. The van der Waals surface area contributed by atoms with Gasteiger partial charge in [-0.2, -0.15) is 0 Å². The van der Waals surface area contributed by atoms with E-state index in [2.05, 4.69) is 0 Å². The molecule has 0 spiro atoms. The van der Waals surface area contributed by atoms with Crippen LogP contribution in [0.15, 0.2) is 48.5 Å². The molecule has 6 heteroatoms. The van der Waals surface area contributed by atoms with Gasteiger partial charge in [0.05, 0.1) is 11.5 Å². The van der Waals surface area contributed by atoms with Crippen molar-refractivity contribution in [3.05, 3.63) is 69.8 Å². The van der Waals surface area contributed by atoms with Crippen LogP contribution in [0.5, 0.6) is 0 Å². The van der Waals surface area contributed by atoms with Crippen LogP contribution in [0.2, 0.25) is 0 Å². The molecule has 0 unspecified atom stereocenters. The Morgan fingerprint density at radius 1 is 1.23 bits per heavy atom.